The number of carbonyl (C=O) groups excluding carboxylic acids is 1. The van der Waals surface area contributed by atoms with Crippen molar-refractivity contribution in [2.45, 2.75) is 17.7 Å². The lowest BCUT2D eigenvalue weighted by Gasteiger charge is -2.37. The zero-order chi connectivity index (χ0) is 18.5. The molecule has 25 heavy (non-hydrogen) atoms. The van der Waals surface area contributed by atoms with Crippen LogP contribution < -0.4 is 10.0 Å². The molecule has 1 fully saturated rings. The summed E-state index contributed by atoms with van der Waals surface area (Å²) in [6.07, 6.45) is 1.65. The van der Waals surface area contributed by atoms with Gasteiger partial charge in [-0.05, 0) is 44.1 Å². The second-order valence-corrected chi connectivity index (χ2v) is 8.31. The molecule has 0 aliphatic carbocycles. The molecule has 1 aliphatic heterocycles. The number of hydrogen-bond acceptors (Lipinski definition) is 6. The molecule has 0 unspecified atom stereocenters. The molecule has 1 aliphatic rings. The number of sulfonamides is 1. The number of nitrogens with one attached hydrogen (secondary N) is 2. The monoisotopic (exact) mass is 390 g/mol. The van der Waals surface area contributed by atoms with E-state index in [1.807, 2.05) is 0 Å². The fourth-order valence-electron chi connectivity index (χ4n) is 2.91. The first-order chi connectivity index (χ1) is 11.8. The van der Waals surface area contributed by atoms with E-state index in [-0.39, 0.29) is 27.4 Å². The largest absolute Gasteiger partial charge is 0.465 e. The van der Waals surface area contributed by atoms with Gasteiger partial charge in [-0.2, -0.15) is 0 Å². The van der Waals surface area contributed by atoms with Crippen molar-refractivity contribution in [2.75, 3.05) is 40.5 Å². The summed E-state index contributed by atoms with van der Waals surface area (Å²) in [5.41, 5.74) is -0.111. The van der Waals surface area contributed by atoms with Gasteiger partial charge in [0, 0.05) is 19.1 Å². The zero-order valence-corrected chi connectivity index (χ0v) is 15.9. The van der Waals surface area contributed by atoms with Gasteiger partial charge in [-0.1, -0.05) is 11.6 Å². The summed E-state index contributed by atoms with van der Waals surface area (Å²) in [5, 5.41) is 3.29. The predicted octanol–water partition coefficient (Wildman–Crippen LogP) is 1.42. The van der Waals surface area contributed by atoms with Gasteiger partial charge in [0.05, 0.1) is 29.2 Å². The number of esters is 1. The molecule has 0 aromatic heterocycles. The molecular weight excluding hydrogens is 368 g/mol. The predicted molar refractivity (Wildman–Crippen MR) is 94.4 cm³/mol. The van der Waals surface area contributed by atoms with Crippen LogP contribution in [-0.4, -0.2) is 54.8 Å². The number of halogens is 1. The van der Waals surface area contributed by atoms with Crippen molar-refractivity contribution < 1.29 is 22.7 Å². The van der Waals surface area contributed by atoms with E-state index >= 15 is 0 Å². The van der Waals surface area contributed by atoms with Crippen molar-refractivity contribution in [3.63, 3.8) is 0 Å². The maximum atomic E-state index is 12.6. The highest BCUT2D eigenvalue weighted by atomic mass is 35.5. The number of ether oxygens (including phenoxy) is 2. The number of methoxy groups -OCH3 is 2. The highest BCUT2D eigenvalue weighted by Crippen LogP contribution is 2.29. The third kappa shape index (κ3) is 4.92. The number of rotatable bonds is 7. The van der Waals surface area contributed by atoms with Crippen LogP contribution in [0.2, 0.25) is 5.02 Å². The summed E-state index contributed by atoms with van der Waals surface area (Å²) in [7, 11) is -0.900. The number of carbonyl (C=O) groups is 1. The number of piperidine rings is 1. The Bertz CT molecular complexity index is 712. The molecular formula is C16H23ClN2O5S. The summed E-state index contributed by atoms with van der Waals surface area (Å²) in [6.45, 7) is 2.41. The van der Waals surface area contributed by atoms with E-state index in [1.54, 1.807) is 7.11 Å². The number of benzene rings is 1. The Kier molecular flexibility index (Phi) is 6.81. The van der Waals surface area contributed by atoms with Gasteiger partial charge >= 0.3 is 5.97 Å². The van der Waals surface area contributed by atoms with E-state index in [1.165, 1.54) is 25.3 Å². The standard InChI is InChI=1S/C16H23ClN2O5S/c1-23-11-16(5-7-18-8-6-16)10-19-25(21,22)12-3-4-13(14(17)9-12)15(20)24-2/h3-4,9,18-19H,5-8,10-11H2,1-2H3. The molecule has 0 bridgehead atoms. The molecule has 7 nitrogen and oxygen atoms in total. The van der Waals surface area contributed by atoms with Gasteiger partial charge in [0.2, 0.25) is 10.0 Å². The van der Waals surface area contributed by atoms with Crippen LogP contribution in [-0.2, 0) is 19.5 Å². The van der Waals surface area contributed by atoms with Gasteiger partial charge < -0.3 is 14.8 Å². The van der Waals surface area contributed by atoms with Crippen molar-refractivity contribution >= 4 is 27.6 Å². The molecule has 0 saturated carbocycles. The van der Waals surface area contributed by atoms with Crippen LogP contribution in [0.15, 0.2) is 23.1 Å². The minimum absolute atomic E-state index is 0.00616. The summed E-state index contributed by atoms with van der Waals surface area (Å²) < 4.78 is 37.7. The Labute approximate surface area is 153 Å². The van der Waals surface area contributed by atoms with Gasteiger partial charge in [-0.25, -0.2) is 17.9 Å². The first-order valence-corrected chi connectivity index (χ1v) is 9.77. The SMILES string of the molecule is COCC1(CNS(=O)(=O)c2ccc(C(=O)OC)c(Cl)c2)CCNCC1. The van der Waals surface area contributed by atoms with Gasteiger partial charge in [-0.15, -0.1) is 0 Å². The third-order valence-electron chi connectivity index (χ3n) is 4.41. The lowest BCUT2D eigenvalue weighted by Crippen LogP contribution is -2.47. The number of hydrogen-bond donors (Lipinski definition) is 2. The first kappa shape index (κ1) is 20.1. The molecule has 1 heterocycles. The molecule has 1 aromatic rings. The van der Waals surface area contributed by atoms with E-state index < -0.39 is 16.0 Å². The lowest BCUT2D eigenvalue weighted by molar-refractivity contribution is 0.0577. The maximum Gasteiger partial charge on any atom is 0.339 e. The smallest absolute Gasteiger partial charge is 0.339 e. The molecule has 140 valence electrons. The van der Waals surface area contributed by atoms with E-state index in [0.717, 1.165) is 25.9 Å². The molecule has 0 atom stereocenters. The topological polar surface area (TPSA) is 93.7 Å². The second kappa shape index (κ2) is 8.46. The van der Waals surface area contributed by atoms with Crippen molar-refractivity contribution in [1.82, 2.24) is 10.0 Å². The highest BCUT2D eigenvalue weighted by Gasteiger charge is 2.33. The van der Waals surface area contributed by atoms with Crippen LogP contribution in [0, 0.1) is 5.41 Å². The average Bonchev–Trinajstić information content (AvgIpc) is 2.60. The van der Waals surface area contributed by atoms with Gasteiger partial charge in [0.25, 0.3) is 0 Å². The van der Waals surface area contributed by atoms with Crippen molar-refractivity contribution in [2.24, 2.45) is 5.41 Å². The van der Waals surface area contributed by atoms with Crippen LogP contribution in [0.25, 0.3) is 0 Å². The first-order valence-electron chi connectivity index (χ1n) is 7.91. The summed E-state index contributed by atoms with van der Waals surface area (Å²) >= 11 is 6.01. The molecule has 0 radical (unpaired) electrons. The fourth-order valence-corrected chi connectivity index (χ4v) is 4.41. The van der Waals surface area contributed by atoms with Crippen molar-refractivity contribution in [1.29, 1.82) is 0 Å². The van der Waals surface area contributed by atoms with E-state index in [4.69, 9.17) is 16.3 Å². The third-order valence-corrected chi connectivity index (χ3v) is 6.12. The minimum Gasteiger partial charge on any atom is -0.465 e. The molecule has 2 N–H and O–H groups in total. The normalized spacial score (nSPS) is 17.2. The van der Waals surface area contributed by atoms with Gasteiger partial charge in [0.15, 0.2) is 0 Å². The highest BCUT2D eigenvalue weighted by molar-refractivity contribution is 7.89. The van der Waals surface area contributed by atoms with Gasteiger partial charge in [-0.3, -0.25) is 0 Å². The Hall–Kier alpha value is -1.19. The molecule has 9 heteroatoms. The maximum absolute atomic E-state index is 12.6. The Morgan fingerprint density at radius 2 is 2.00 bits per heavy atom. The molecule has 2 rings (SSSR count). The summed E-state index contributed by atoms with van der Waals surface area (Å²) in [4.78, 5) is 11.6. The Morgan fingerprint density at radius 1 is 1.32 bits per heavy atom. The molecule has 0 spiro atoms. The zero-order valence-electron chi connectivity index (χ0n) is 14.3. The van der Waals surface area contributed by atoms with Crippen molar-refractivity contribution in [3.8, 4) is 0 Å². The van der Waals surface area contributed by atoms with Crippen molar-refractivity contribution in [3.05, 3.63) is 28.8 Å². The average molecular weight is 391 g/mol. The molecule has 1 aromatic carbocycles. The van der Waals surface area contributed by atoms with E-state index in [0.29, 0.717) is 6.61 Å². The lowest BCUT2D eigenvalue weighted by atomic mass is 9.80. The second-order valence-electron chi connectivity index (χ2n) is 6.14. The quantitative estimate of drug-likeness (QED) is 0.684. The van der Waals surface area contributed by atoms with Crippen LogP contribution in [0.4, 0.5) is 0 Å². The summed E-state index contributed by atoms with van der Waals surface area (Å²) in [6, 6.07) is 3.94. The summed E-state index contributed by atoms with van der Waals surface area (Å²) in [5.74, 6) is -0.615. The Balaban J connectivity index is 2.15. The minimum atomic E-state index is -3.75. The van der Waals surface area contributed by atoms with Crippen LogP contribution in [0.1, 0.15) is 23.2 Å². The van der Waals surface area contributed by atoms with Gasteiger partial charge in [0.1, 0.15) is 0 Å². The van der Waals surface area contributed by atoms with Crippen LogP contribution >= 0.6 is 11.6 Å². The molecule has 1 saturated heterocycles. The Morgan fingerprint density at radius 3 is 2.56 bits per heavy atom. The van der Waals surface area contributed by atoms with E-state index in [9.17, 15) is 13.2 Å². The fraction of sp³-hybridized carbons (Fsp3) is 0.562. The molecule has 0 amide bonds. The van der Waals surface area contributed by atoms with Crippen LogP contribution in [0.5, 0.6) is 0 Å². The van der Waals surface area contributed by atoms with E-state index in [2.05, 4.69) is 14.8 Å². The van der Waals surface area contributed by atoms with Crippen LogP contribution in [0.3, 0.4) is 0 Å².